The molecule has 0 aromatic carbocycles. The third kappa shape index (κ3) is 9.16. The van der Waals surface area contributed by atoms with Crippen molar-refractivity contribution in [1.29, 1.82) is 0 Å². The molecular formula is C27H33N5O3. The normalized spacial score (nSPS) is 10.5. The topological polar surface area (TPSA) is 106 Å². The number of pyridine rings is 3. The van der Waals surface area contributed by atoms with E-state index in [0.29, 0.717) is 12.4 Å². The van der Waals surface area contributed by atoms with E-state index in [9.17, 15) is 9.59 Å². The first-order chi connectivity index (χ1) is 17.2. The summed E-state index contributed by atoms with van der Waals surface area (Å²) in [6, 6.07) is 14.1. The van der Waals surface area contributed by atoms with Gasteiger partial charge in [0, 0.05) is 24.5 Å². The van der Waals surface area contributed by atoms with E-state index in [2.05, 4.69) is 32.5 Å². The summed E-state index contributed by atoms with van der Waals surface area (Å²) in [7, 11) is 0. The molecule has 0 aliphatic heterocycles. The summed E-state index contributed by atoms with van der Waals surface area (Å²) in [6.45, 7) is 3.22. The maximum Gasteiger partial charge on any atom is 0.270 e. The smallest absolute Gasteiger partial charge is 0.270 e. The summed E-state index contributed by atoms with van der Waals surface area (Å²) in [4.78, 5) is 38.3. The molecule has 0 bridgehead atoms. The first-order valence-corrected chi connectivity index (χ1v) is 12.2. The van der Waals surface area contributed by atoms with E-state index in [-0.39, 0.29) is 24.5 Å². The van der Waals surface area contributed by atoms with Crippen molar-refractivity contribution in [3.63, 3.8) is 0 Å². The van der Waals surface area contributed by atoms with Crippen molar-refractivity contribution in [1.82, 2.24) is 25.6 Å². The molecule has 8 heteroatoms. The fourth-order valence-electron chi connectivity index (χ4n) is 3.42. The standard InChI is InChI=1S/C27H33N5O3/c1-2-3-4-5-6-11-16-35-23-17-24(26(33)30-19-21-12-7-9-14-28-21)32-25(18-23)27(34)31-20-22-13-8-10-15-29-22/h7-10,12-15,17-18H,2-6,11,16,19-20H2,1H3,(H,30,33)(H,31,34). The Labute approximate surface area is 206 Å². The van der Waals surface area contributed by atoms with Crippen molar-refractivity contribution in [3.8, 4) is 5.75 Å². The van der Waals surface area contributed by atoms with Gasteiger partial charge in [-0.1, -0.05) is 51.2 Å². The van der Waals surface area contributed by atoms with Gasteiger partial charge in [-0.15, -0.1) is 0 Å². The van der Waals surface area contributed by atoms with Crippen molar-refractivity contribution < 1.29 is 14.3 Å². The number of rotatable bonds is 14. The van der Waals surface area contributed by atoms with Gasteiger partial charge in [-0.2, -0.15) is 0 Å². The van der Waals surface area contributed by atoms with Crippen LogP contribution in [0.5, 0.6) is 5.75 Å². The van der Waals surface area contributed by atoms with Gasteiger partial charge in [0.15, 0.2) is 0 Å². The lowest BCUT2D eigenvalue weighted by atomic mass is 10.1. The molecule has 184 valence electrons. The molecule has 0 atom stereocenters. The zero-order valence-corrected chi connectivity index (χ0v) is 20.2. The summed E-state index contributed by atoms with van der Waals surface area (Å²) < 4.78 is 5.90. The Morgan fingerprint density at radius 1 is 0.771 bits per heavy atom. The first kappa shape index (κ1) is 25.8. The highest BCUT2D eigenvalue weighted by Gasteiger charge is 2.16. The number of nitrogens with one attached hydrogen (secondary N) is 2. The Balaban J connectivity index is 1.65. The lowest BCUT2D eigenvalue weighted by molar-refractivity contribution is 0.0939. The molecule has 3 aromatic rings. The number of carbonyl (C=O) groups is 2. The van der Waals surface area contributed by atoms with Gasteiger partial charge in [0.25, 0.3) is 11.8 Å². The van der Waals surface area contributed by atoms with Gasteiger partial charge < -0.3 is 15.4 Å². The molecule has 0 spiro atoms. The minimum atomic E-state index is -0.403. The maximum atomic E-state index is 12.8. The molecule has 3 rings (SSSR count). The Kier molecular flexibility index (Phi) is 10.7. The quantitative estimate of drug-likeness (QED) is 0.333. The molecule has 3 aromatic heterocycles. The number of aromatic nitrogens is 3. The molecule has 0 saturated heterocycles. The number of carbonyl (C=O) groups excluding carboxylic acids is 2. The molecule has 0 aliphatic rings. The summed E-state index contributed by atoms with van der Waals surface area (Å²) in [5.41, 5.74) is 1.68. The van der Waals surface area contributed by atoms with Gasteiger partial charge >= 0.3 is 0 Å². The molecule has 2 N–H and O–H groups in total. The highest BCUT2D eigenvalue weighted by Crippen LogP contribution is 2.16. The van der Waals surface area contributed by atoms with Crippen LogP contribution in [0.15, 0.2) is 60.9 Å². The molecule has 0 saturated carbocycles. The average molecular weight is 476 g/mol. The van der Waals surface area contributed by atoms with E-state index in [4.69, 9.17) is 4.74 Å². The molecule has 0 fully saturated rings. The van der Waals surface area contributed by atoms with Crippen LogP contribution in [0.2, 0.25) is 0 Å². The van der Waals surface area contributed by atoms with Gasteiger partial charge in [-0.05, 0) is 30.7 Å². The average Bonchev–Trinajstić information content (AvgIpc) is 2.91. The second-order valence-electron chi connectivity index (χ2n) is 8.20. The van der Waals surface area contributed by atoms with Gasteiger partial charge in [0.1, 0.15) is 17.1 Å². The number of nitrogens with zero attached hydrogens (tertiary/aromatic N) is 3. The predicted octanol–water partition coefficient (Wildman–Crippen LogP) is 4.47. The fourth-order valence-corrected chi connectivity index (χ4v) is 3.42. The van der Waals surface area contributed by atoms with Crippen LogP contribution in [-0.2, 0) is 13.1 Å². The summed E-state index contributed by atoms with van der Waals surface area (Å²) in [6.07, 6.45) is 10.2. The minimum Gasteiger partial charge on any atom is -0.493 e. The number of unbranched alkanes of at least 4 members (excludes halogenated alkanes) is 5. The van der Waals surface area contributed by atoms with Crippen LogP contribution in [0.4, 0.5) is 0 Å². The second kappa shape index (κ2) is 14.5. The maximum absolute atomic E-state index is 12.8. The largest absolute Gasteiger partial charge is 0.493 e. The molecular weight excluding hydrogens is 442 g/mol. The molecule has 35 heavy (non-hydrogen) atoms. The zero-order valence-electron chi connectivity index (χ0n) is 20.2. The monoisotopic (exact) mass is 475 g/mol. The Bertz CT molecular complexity index is 987. The predicted molar refractivity (Wildman–Crippen MR) is 134 cm³/mol. The van der Waals surface area contributed by atoms with E-state index in [1.807, 2.05) is 36.4 Å². The van der Waals surface area contributed by atoms with Crippen LogP contribution in [0, 0.1) is 0 Å². The van der Waals surface area contributed by atoms with Gasteiger partial charge in [-0.25, -0.2) is 4.98 Å². The molecule has 0 unspecified atom stereocenters. The van der Waals surface area contributed by atoms with Crippen molar-refractivity contribution in [2.45, 2.75) is 58.5 Å². The van der Waals surface area contributed by atoms with E-state index in [1.165, 1.54) is 25.7 Å². The van der Waals surface area contributed by atoms with Crippen LogP contribution in [0.25, 0.3) is 0 Å². The summed E-state index contributed by atoms with van der Waals surface area (Å²) in [5, 5.41) is 5.60. The molecule has 2 amide bonds. The van der Waals surface area contributed by atoms with Crippen LogP contribution >= 0.6 is 0 Å². The Morgan fingerprint density at radius 2 is 1.31 bits per heavy atom. The number of hydrogen-bond donors (Lipinski definition) is 2. The SMILES string of the molecule is CCCCCCCCOc1cc(C(=O)NCc2ccccn2)nc(C(=O)NCc2ccccn2)c1. The molecule has 0 radical (unpaired) electrons. The molecule has 3 heterocycles. The zero-order chi connectivity index (χ0) is 24.7. The third-order valence-corrected chi connectivity index (χ3v) is 5.34. The first-order valence-electron chi connectivity index (χ1n) is 12.2. The molecule has 8 nitrogen and oxygen atoms in total. The van der Waals surface area contributed by atoms with Gasteiger partial charge in [-0.3, -0.25) is 19.6 Å². The van der Waals surface area contributed by atoms with E-state index in [1.54, 1.807) is 24.5 Å². The van der Waals surface area contributed by atoms with Crippen molar-refractivity contribution in [3.05, 3.63) is 83.7 Å². The Morgan fingerprint density at radius 3 is 1.83 bits per heavy atom. The summed E-state index contributed by atoms with van der Waals surface area (Å²) in [5.74, 6) is -0.363. The number of hydrogen-bond acceptors (Lipinski definition) is 6. The van der Waals surface area contributed by atoms with E-state index in [0.717, 1.165) is 24.2 Å². The Hall–Kier alpha value is -3.81. The van der Waals surface area contributed by atoms with Gasteiger partial charge in [0.05, 0.1) is 31.1 Å². The lowest BCUT2D eigenvalue weighted by Crippen LogP contribution is -2.28. The molecule has 0 aliphatic carbocycles. The van der Waals surface area contributed by atoms with Crippen molar-refractivity contribution >= 4 is 11.8 Å². The van der Waals surface area contributed by atoms with E-state index < -0.39 is 11.8 Å². The second-order valence-corrected chi connectivity index (χ2v) is 8.20. The fraction of sp³-hybridized carbons (Fsp3) is 0.370. The van der Waals surface area contributed by atoms with Crippen molar-refractivity contribution in [2.75, 3.05) is 6.61 Å². The highest BCUT2D eigenvalue weighted by molar-refractivity contribution is 5.96. The minimum absolute atomic E-state index is 0.115. The van der Waals surface area contributed by atoms with Crippen LogP contribution in [0.1, 0.15) is 77.8 Å². The third-order valence-electron chi connectivity index (χ3n) is 5.34. The van der Waals surface area contributed by atoms with Crippen LogP contribution < -0.4 is 15.4 Å². The van der Waals surface area contributed by atoms with Gasteiger partial charge in [0.2, 0.25) is 0 Å². The highest BCUT2D eigenvalue weighted by atomic mass is 16.5. The van der Waals surface area contributed by atoms with E-state index >= 15 is 0 Å². The van der Waals surface area contributed by atoms with Crippen molar-refractivity contribution in [2.24, 2.45) is 0 Å². The number of ether oxygens (including phenoxy) is 1. The van der Waals surface area contributed by atoms with Crippen LogP contribution in [0.3, 0.4) is 0 Å². The summed E-state index contributed by atoms with van der Waals surface area (Å²) >= 11 is 0. The lowest BCUT2D eigenvalue weighted by Gasteiger charge is -2.11. The number of amides is 2. The van der Waals surface area contributed by atoms with Crippen LogP contribution in [-0.4, -0.2) is 33.4 Å².